The molecule has 2 saturated heterocycles. The number of likely N-dealkylation sites (N-methyl/N-ethyl adjacent to an activating group) is 1. The van der Waals surface area contributed by atoms with E-state index in [4.69, 9.17) is 0 Å². The number of hydrogen-bond acceptors (Lipinski definition) is 5. The molecule has 2 heterocycles. The van der Waals surface area contributed by atoms with E-state index in [1.54, 1.807) is 12.1 Å². The minimum Gasteiger partial charge on any atom is -0.340 e. The summed E-state index contributed by atoms with van der Waals surface area (Å²) in [4.78, 5) is 19.9. The SMILES string of the molecule is CN1CCCC(N2CCN(C(=O)CCc3ccc(S(=O)(=O)NC4CC4)cc3)CC2)C1. The van der Waals surface area contributed by atoms with Crippen molar-refractivity contribution in [3.05, 3.63) is 29.8 Å². The first-order valence-electron chi connectivity index (χ1n) is 11.2. The second-order valence-corrected chi connectivity index (χ2v) is 10.7. The number of sulfonamides is 1. The van der Waals surface area contributed by atoms with Crippen LogP contribution in [0.15, 0.2) is 29.2 Å². The standard InChI is InChI=1S/C22H34N4O3S/c1-24-12-2-3-20(17-24)25-13-15-26(16-14-25)22(27)11-6-18-4-9-21(10-5-18)30(28,29)23-19-7-8-19/h4-5,9-10,19-20,23H,2-3,6-8,11-17H2,1H3. The highest BCUT2D eigenvalue weighted by Crippen LogP contribution is 2.22. The summed E-state index contributed by atoms with van der Waals surface area (Å²) in [6.45, 7) is 5.87. The third kappa shape index (κ3) is 5.60. The van der Waals surface area contributed by atoms with Gasteiger partial charge in [0.05, 0.1) is 4.90 Å². The summed E-state index contributed by atoms with van der Waals surface area (Å²) in [5, 5.41) is 0. The molecule has 30 heavy (non-hydrogen) atoms. The number of piperazine rings is 1. The number of amides is 1. The van der Waals surface area contributed by atoms with Gasteiger partial charge in [-0.05, 0) is 63.4 Å². The summed E-state index contributed by atoms with van der Waals surface area (Å²) < 4.78 is 27.2. The van der Waals surface area contributed by atoms with Crippen molar-refractivity contribution < 1.29 is 13.2 Å². The maximum Gasteiger partial charge on any atom is 0.240 e. The van der Waals surface area contributed by atoms with Gasteiger partial charge >= 0.3 is 0 Å². The first-order valence-corrected chi connectivity index (χ1v) is 12.7. The van der Waals surface area contributed by atoms with Gasteiger partial charge in [-0.3, -0.25) is 9.69 Å². The average molecular weight is 435 g/mol. The van der Waals surface area contributed by atoms with E-state index >= 15 is 0 Å². The Kier molecular flexibility index (Phi) is 6.77. The molecule has 166 valence electrons. The Morgan fingerprint density at radius 2 is 1.73 bits per heavy atom. The minimum atomic E-state index is -3.41. The maximum absolute atomic E-state index is 12.7. The van der Waals surface area contributed by atoms with E-state index in [0.717, 1.165) is 51.1 Å². The van der Waals surface area contributed by atoms with E-state index in [9.17, 15) is 13.2 Å². The molecule has 1 atom stereocenters. The Bertz CT molecular complexity index is 830. The molecule has 1 saturated carbocycles. The Labute approximate surface area is 180 Å². The van der Waals surface area contributed by atoms with Crippen LogP contribution in [0.2, 0.25) is 0 Å². The average Bonchev–Trinajstić information content (AvgIpc) is 3.56. The number of likely N-dealkylation sites (tertiary alicyclic amines) is 1. The highest BCUT2D eigenvalue weighted by Gasteiger charge is 2.29. The van der Waals surface area contributed by atoms with Crippen LogP contribution in [0.5, 0.6) is 0 Å². The number of rotatable bonds is 7. The number of carbonyl (C=O) groups is 1. The van der Waals surface area contributed by atoms with Gasteiger partial charge in [0.15, 0.2) is 0 Å². The van der Waals surface area contributed by atoms with Crippen LogP contribution >= 0.6 is 0 Å². The van der Waals surface area contributed by atoms with Crippen molar-refractivity contribution in [2.75, 3.05) is 46.3 Å². The molecule has 4 rings (SSSR count). The van der Waals surface area contributed by atoms with Gasteiger partial charge in [0.1, 0.15) is 0 Å². The Balaban J connectivity index is 1.22. The number of carbonyl (C=O) groups excluding carboxylic acids is 1. The fourth-order valence-corrected chi connectivity index (χ4v) is 5.81. The van der Waals surface area contributed by atoms with Crippen LogP contribution < -0.4 is 4.72 Å². The van der Waals surface area contributed by atoms with E-state index in [1.165, 1.54) is 19.4 Å². The van der Waals surface area contributed by atoms with Gasteiger partial charge in [-0.2, -0.15) is 0 Å². The number of nitrogens with one attached hydrogen (secondary N) is 1. The van der Waals surface area contributed by atoms with Crippen molar-refractivity contribution in [3.8, 4) is 0 Å². The summed E-state index contributed by atoms with van der Waals surface area (Å²) in [6.07, 6.45) is 5.48. The molecule has 1 aromatic carbocycles. The van der Waals surface area contributed by atoms with Crippen LogP contribution in [-0.2, 0) is 21.2 Å². The summed E-state index contributed by atoms with van der Waals surface area (Å²) in [5.41, 5.74) is 0.998. The Morgan fingerprint density at radius 1 is 1.03 bits per heavy atom. The van der Waals surface area contributed by atoms with E-state index in [-0.39, 0.29) is 11.9 Å². The van der Waals surface area contributed by atoms with Gasteiger partial charge in [-0.1, -0.05) is 12.1 Å². The second kappa shape index (κ2) is 9.34. The molecular formula is C22H34N4O3S. The van der Waals surface area contributed by atoms with Crippen molar-refractivity contribution >= 4 is 15.9 Å². The Hall–Kier alpha value is -1.48. The third-order valence-electron chi connectivity index (χ3n) is 6.54. The summed E-state index contributed by atoms with van der Waals surface area (Å²) in [6, 6.07) is 7.67. The van der Waals surface area contributed by atoms with Crippen molar-refractivity contribution in [2.24, 2.45) is 0 Å². The van der Waals surface area contributed by atoms with Crippen LogP contribution in [0.4, 0.5) is 0 Å². The smallest absolute Gasteiger partial charge is 0.240 e. The molecule has 8 heteroatoms. The fourth-order valence-electron chi connectivity index (χ4n) is 4.51. The highest BCUT2D eigenvalue weighted by molar-refractivity contribution is 7.89. The first kappa shape index (κ1) is 21.7. The molecule has 1 amide bonds. The molecule has 7 nitrogen and oxygen atoms in total. The van der Waals surface area contributed by atoms with Crippen LogP contribution in [0, 0.1) is 0 Å². The van der Waals surface area contributed by atoms with E-state index in [1.807, 2.05) is 17.0 Å². The van der Waals surface area contributed by atoms with E-state index < -0.39 is 10.0 Å². The number of hydrogen-bond donors (Lipinski definition) is 1. The van der Waals surface area contributed by atoms with E-state index in [0.29, 0.717) is 23.8 Å². The van der Waals surface area contributed by atoms with Gasteiger partial charge in [-0.15, -0.1) is 0 Å². The minimum absolute atomic E-state index is 0.104. The molecule has 0 spiro atoms. The number of aryl methyl sites for hydroxylation is 1. The molecule has 0 radical (unpaired) electrons. The molecule has 1 unspecified atom stereocenters. The van der Waals surface area contributed by atoms with Crippen LogP contribution in [0.1, 0.15) is 37.7 Å². The van der Waals surface area contributed by atoms with Crippen molar-refractivity contribution in [1.82, 2.24) is 19.4 Å². The second-order valence-electron chi connectivity index (χ2n) is 9.01. The van der Waals surface area contributed by atoms with Gasteiger partial charge in [0.2, 0.25) is 15.9 Å². The molecule has 1 N–H and O–H groups in total. The van der Waals surface area contributed by atoms with Gasteiger partial charge in [0.25, 0.3) is 0 Å². The Morgan fingerprint density at radius 3 is 2.37 bits per heavy atom. The predicted molar refractivity (Wildman–Crippen MR) is 117 cm³/mol. The lowest BCUT2D eigenvalue weighted by Crippen LogP contribution is -2.55. The normalized spacial score (nSPS) is 24.2. The summed E-state index contributed by atoms with van der Waals surface area (Å²) in [7, 11) is -1.22. The first-order chi connectivity index (χ1) is 14.4. The topological polar surface area (TPSA) is 73.0 Å². The maximum atomic E-state index is 12.7. The lowest BCUT2D eigenvalue weighted by atomic mass is 10.0. The quantitative estimate of drug-likeness (QED) is 0.700. The molecule has 1 aromatic rings. The molecule has 2 aliphatic heterocycles. The molecule has 1 aliphatic carbocycles. The third-order valence-corrected chi connectivity index (χ3v) is 8.08. The monoisotopic (exact) mass is 434 g/mol. The van der Waals surface area contributed by atoms with Crippen LogP contribution in [0.3, 0.4) is 0 Å². The van der Waals surface area contributed by atoms with E-state index in [2.05, 4.69) is 21.6 Å². The number of piperidine rings is 1. The fraction of sp³-hybridized carbons (Fsp3) is 0.682. The zero-order chi connectivity index (χ0) is 21.1. The van der Waals surface area contributed by atoms with Gasteiger partial charge in [-0.25, -0.2) is 13.1 Å². The molecule has 3 fully saturated rings. The van der Waals surface area contributed by atoms with Crippen LogP contribution in [0.25, 0.3) is 0 Å². The zero-order valence-electron chi connectivity index (χ0n) is 17.9. The zero-order valence-corrected chi connectivity index (χ0v) is 18.7. The molecule has 3 aliphatic rings. The molecular weight excluding hydrogens is 400 g/mol. The molecule has 0 bridgehead atoms. The lowest BCUT2D eigenvalue weighted by Gasteiger charge is -2.42. The van der Waals surface area contributed by atoms with Gasteiger partial charge < -0.3 is 9.80 Å². The van der Waals surface area contributed by atoms with Crippen molar-refractivity contribution in [1.29, 1.82) is 0 Å². The largest absolute Gasteiger partial charge is 0.340 e. The molecule has 0 aromatic heterocycles. The predicted octanol–water partition coefficient (Wildman–Crippen LogP) is 1.30. The van der Waals surface area contributed by atoms with Gasteiger partial charge in [0, 0.05) is 51.2 Å². The summed E-state index contributed by atoms with van der Waals surface area (Å²) >= 11 is 0. The lowest BCUT2D eigenvalue weighted by molar-refractivity contribution is -0.133. The van der Waals surface area contributed by atoms with Crippen LogP contribution in [-0.4, -0.2) is 87.4 Å². The highest BCUT2D eigenvalue weighted by atomic mass is 32.2. The summed E-state index contributed by atoms with van der Waals surface area (Å²) in [5.74, 6) is 0.197. The number of nitrogens with zero attached hydrogens (tertiary/aromatic N) is 3. The number of benzene rings is 1. The van der Waals surface area contributed by atoms with Crippen molar-refractivity contribution in [3.63, 3.8) is 0 Å². The van der Waals surface area contributed by atoms with Crippen molar-refractivity contribution in [2.45, 2.75) is 55.5 Å².